The Hall–Kier alpha value is 0.0969. The third-order valence-corrected chi connectivity index (χ3v) is 1.77. The van der Waals surface area contributed by atoms with Crippen molar-refractivity contribution in [1.82, 2.24) is 5.01 Å². The summed E-state index contributed by atoms with van der Waals surface area (Å²) in [5, 5.41) is 1.50. The van der Waals surface area contributed by atoms with Crippen molar-refractivity contribution in [2.75, 3.05) is 14.1 Å². The Bertz CT molecular complexity index is 97.0. The number of nitrogens with two attached hydrogens (primary N) is 1. The van der Waals surface area contributed by atoms with Crippen LogP contribution in [0.5, 0.6) is 0 Å². The van der Waals surface area contributed by atoms with Crippen LogP contribution in [-0.4, -0.2) is 33.5 Å². The van der Waals surface area contributed by atoms with Gasteiger partial charge in [-0.2, -0.15) is 0 Å². The van der Waals surface area contributed by atoms with Gasteiger partial charge in [0.1, 0.15) is 0 Å². The third kappa shape index (κ3) is 32.2. The second-order valence-electron chi connectivity index (χ2n) is 4.24. The van der Waals surface area contributed by atoms with Crippen molar-refractivity contribution in [3.8, 4) is 0 Å². The summed E-state index contributed by atoms with van der Waals surface area (Å²) in [5.74, 6) is 4.94. The first-order valence-electron chi connectivity index (χ1n) is 4.25. The predicted molar refractivity (Wildman–Crippen MR) is 57.4 cm³/mol. The molecule has 0 aromatic rings. The summed E-state index contributed by atoms with van der Waals surface area (Å²) in [7, 11) is 2.34. The molecule has 0 aliphatic rings. The molecule has 2 N–H and O–H groups in total. The van der Waals surface area contributed by atoms with Gasteiger partial charge in [-0.3, -0.25) is 10.9 Å². The highest BCUT2D eigenvalue weighted by molar-refractivity contribution is 6.69. The van der Waals surface area contributed by atoms with Gasteiger partial charge in [-0.1, -0.05) is 0 Å². The van der Waals surface area contributed by atoms with Crippen molar-refractivity contribution in [2.24, 2.45) is 5.84 Å². The molecule has 0 heterocycles. The first-order chi connectivity index (χ1) is 5.15. The van der Waals surface area contributed by atoms with E-state index in [-0.39, 0.29) is 0 Å². The molecule has 76 valence electrons. The summed E-state index contributed by atoms with van der Waals surface area (Å²) in [6.07, 6.45) is 0.404. The molecule has 3 nitrogen and oxygen atoms in total. The highest BCUT2D eigenvalue weighted by Gasteiger charge is 2.14. The van der Waals surface area contributed by atoms with E-state index in [0.717, 1.165) is 0 Å². The molecular formula is C8H24N2OSi. The molecule has 0 saturated heterocycles. The molecule has 0 bridgehead atoms. The Morgan fingerprint density at radius 2 is 1.42 bits per heavy atom. The minimum Gasteiger partial charge on any atom is -0.415 e. The topological polar surface area (TPSA) is 38.5 Å². The number of hydrogen-bond acceptors (Lipinski definition) is 3. The maximum Gasteiger partial charge on any atom is 0.184 e. The fourth-order valence-electron chi connectivity index (χ4n) is 0.707. The van der Waals surface area contributed by atoms with Crippen LogP contribution in [0.25, 0.3) is 0 Å². The fraction of sp³-hybridized carbons (Fsp3) is 1.00. The molecule has 0 spiro atoms. The van der Waals surface area contributed by atoms with Gasteiger partial charge in [0.25, 0.3) is 0 Å². The summed E-state index contributed by atoms with van der Waals surface area (Å²) in [6, 6.07) is 0. The maximum absolute atomic E-state index is 5.58. The average Bonchev–Trinajstić information content (AvgIpc) is 1.52. The van der Waals surface area contributed by atoms with E-state index < -0.39 is 8.32 Å². The summed E-state index contributed by atoms with van der Waals surface area (Å²) in [4.78, 5) is 0. The lowest BCUT2D eigenvalue weighted by molar-refractivity contribution is 0.235. The van der Waals surface area contributed by atoms with Crippen LogP contribution in [0.2, 0.25) is 19.6 Å². The van der Waals surface area contributed by atoms with Crippen LogP contribution in [0, 0.1) is 0 Å². The molecule has 4 heteroatoms. The Morgan fingerprint density at radius 1 is 1.17 bits per heavy atom. The van der Waals surface area contributed by atoms with Crippen molar-refractivity contribution in [2.45, 2.75) is 39.6 Å². The molecule has 0 radical (unpaired) electrons. The number of hydrazine groups is 1. The van der Waals surface area contributed by atoms with Crippen molar-refractivity contribution in [1.29, 1.82) is 0 Å². The molecule has 0 amide bonds. The van der Waals surface area contributed by atoms with Crippen LogP contribution in [-0.2, 0) is 4.43 Å². The summed E-state index contributed by atoms with van der Waals surface area (Å²) >= 11 is 0. The zero-order valence-corrected chi connectivity index (χ0v) is 10.5. The molecule has 0 aliphatic carbocycles. The van der Waals surface area contributed by atoms with Crippen LogP contribution in [0.4, 0.5) is 0 Å². The largest absolute Gasteiger partial charge is 0.415 e. The number of hydrogen-bond donors (Lipinski definition) is 1. The second kappa shape index (κ2) is 6.60. The van der Waals surface area contributed by atoms with Crippen LogP contribution < -0.4 is 5.84 Å². The van der Waals surface area contributed by atoms with Crippen LogP contribution >= 0.6 is 0 Å². The van der Waals surface area contributed by atoms with Crippen LogP contribution in [0.1, 0.15) is 13.8 Å². The molecule has 12 heavy (non-hydrogen) atoms. The Labute approximate surface area is 78.0 Å². The van der Waals surface area contributed by atoms with Gasteiger partial charge in [0.2, 0.25) is 0 Å². The first-order valence-corrected chi connectivity index (χ1v) is 7.66. The lowest BCUT2D eigenvalue weighted by Gasteiger charge is -2.19. The highest BCUT2D eigenvalue weighted by Crippen LogP contribution is 2.05. The second-order valence-corrected chi connectivity index (χ2v) is 8.70. The van der Waals surface area contributed by atoms with E-state index in [1.807, 2.05) is 0 Å². The molecule has 0 fully saturated rings. The van der Waals surface area contributed by atoms with Crippen molar-refractivity contribution < 1.29 is 4.43 Å². The van der Waals surface area contributed by atoms with E-state index >= 15 is 0 Å². The third-order valence-electron chi connectivity index (χ3n) is 0.589. The smallest absolute Gasteiger partial charge is 0.184 e. The van der Waals surface area contributed by atoms with Crippen LogP contribution in [0.15, 0.2) is 0 Å². The van der Waals surface area contributed by atoms with Gasteiger partial charge in [0.15, 0.2) is 8.32 Å². The van der Waals surface area contributed by atoms with Crippen molar-refractivity contribution in [3.63, 3.8) is 0 Å². The summed E-state index contributed by atoms with van der Waals surface area (Å²) in [5.41, 5.74) is 0. The fourth-order valence-corrected chi connectivity index (χ4v) is 2.12. The Morgan fingerprint density at radius 3 is 1.42 bits per heavy atom. The molecular weight excluding hydrogens is 168 g/mol. The van der Waals surface area contributed by atoms with E-state index in [4.69, 9.17) is 10.3 Å². The van der Waals surface area contributed by atoms with Gasteiger partial charge >= 0.3 is 0 Å². The number of rotatable bonds is 2. The van der Waals surface area contributed by atoms with E-state index in [1.54, 1.807) is 14.1 Å². The summed E-state index contributed by atoms with van der Waals surface area (Å²) < 4.78 is 5.58. The molecule has 0 rings (SSSR count). The average molecular weight is 192 g/mol. The monoisotopic (exact) mass is 192 g/mol. The van der Waals surface area contributed by atoms with Gasteiger partial charge in [-0.15, -0.1) is 0 Å². The lowest BCUT2D eigenvalue weighted by Crippen LogP contribution is -2.28. The molecule has 0 saturated carbocycles. The standard InChI is InChI=1S/C6H16OSi.C2H8N2/c1-6(2)7-8(3,4)5;1-4(2)3/h6H,1-5H3;3H2,1-2H3. The summed E-state index contributed by atoms with van der Waals surface area (Å²) in [6.45, 7) is 10.8. The van der Waals surface area contributed by atoms with E-state index in [1.165, 1.54) is 5.01 Å². The van der Waals surface area contributed by atoms with Gasteiger partial charge in [0, 0.05) is 20.2 Å². The quantitative estimate of drug-likeness (QED) is 0.411. The molecule has 0 aliphatic heterocycles. The zero-order valence-electron chi connectivity index (χ0n) is 9.51. The Kier molecular flexibility index (Phi) is 8.03. The lowest BCUT2D eigenvalue weighted by atomic mass is 10.5. The minimum atomic E-state index is -1.22. The van der Waals surface area contributed by atoms with Gasteiger partial charge < -0.3 is 4.43 Å². The molecule has 0 atom stereocenters. The zero-order chi connectivity index (χ0) is 10.4. The highest BCUT2D eigenvalue weighted by atomic mass is 28.4. The van der Waals surface area contributed by atoms with Crippen LogP contribution in [0.3, 0.4) is 0 Å². The maximum atomic E-state index is 5.58. The molecule has 0 aromatic carbocycles. The minimum absolute atomic E-state index is 0.404. The van der Waals surface area contributed by atoms with Crippen molar-refractivity contribution >= 4 is 8.32 Å². The first kappa shape index (κ1) is 14.6. The van der Waals surface area contributed by atoms with E-state index in [0.29, 0.717) is 6.10 Å². The molecule has 0 aromatic heterocycles. The predicted octanol–water partition coefficient (Wildman–Crippen LogP) is 1.67. The van der Waals surface area contributed by atoms with Gasteiger partial charge in [-0.25, -0.2) is 0 Å². The van der Waals surface area contributed by atoms with Gasteiger partial charge in [0.05, 0.1) is 0 Å². The number of nitrogens with zero attached hydrogens (tertiary/aromatic N) is 1. The van der Waals surface area contributed by atoms with E-state index in [9.17, 15) is 0 Å². The SMILES string of the molecule is CC(C)O[Si](C)(C)C.CN(C)N. The molecule has 0 unspecified atom stereocenters. The normalized spacial score (nSPS) is 11.5. The Balaban J connectivity index is 0. The van der Waals surface area contributed by atoms with Gasteiger partial charge in [-0.05, 0) is 33.5 Å². The van der Waals surface area contributed by atoms with E-state index in [2.05, 4.69) is 33.5 Å². The van der Waals surface area contributed by atoms with Crippen molar-refractivity contribution in [3.05, 3.63) is 0 Å².